The van der Waals surface area contributed by atoms with Crippen LogP contribution in [0.3, 0.4) is 0 Å². The van der Waals surface area contributed by atoms with Crippen LogP contribution in [0.4, 0.5) is 0 Å². The minimum atomic E-state index is -3.68. The van der Waals surface area contributed by atoms with Crippen molar-refractivity contribution in [1.82, 2.24) is 4.72 Å². The van der Waals surface area contributed by atoms with Crippen LogP contribution < -0.4 is 23.7 Å². The second kappa shape index (κ2) is 8.59. The van der Waals surface area contributed by atoms with Crippen molar-refractivity contribution in [3.8, 4) is 23.0 Å². The fourth-order valence-corrected chi connectivity index (χ4v) is 3.13. The molecule has 0 aliphatic carbocycles. The van der Waals surface area contributed by atoms with Crippen LogP contribution in [-0.4, -0.2) is 42.9 Å². The molecule has 0 fully saturated rings. The average Bonchev–Trinajstić information content (AvgIpc) is 2.64. The predicted octanol–water partition coefficient (Wildman–Crippen LogP) is 2.07. The minimum absolute atomic E-state index is 0.0894. The molecule has 0 spiro atoms. The van der Waals surface area contributed by atoms with Crippen molar-refractivity contribution in [2.75, 3.05) is 34.5 Å². The van der Waals surface area contributed by atoms with Gasteiger partial charge in [0.15, 0.2) is 11.5 Å². The lowest BCUT2D eigenvalue weighted by Crippen LogP contribution is -2.28. The van der Waals surface area contributed by atoms with Crippen LogP contribution in [0, 0.1) is 0 Å². The van der Waals surface area contributed by atoms with Crippen LogP contribution in [0.5, 0.6) is 23.0 Å². The molecule has 2 aromatic carbocycles. The summed E-state index contributed by atoms with van der Waals surface area (Å²) in [6.45, 7) is 0.299. The lowest BCUT2D eigenvalue weighted by atomic mass is 10.3. The van der Waals surface area contributed by atoms with E-state index < -0.39 is 10.0 Å². The van der Waals surface area contributed by atoms with Crippen LogP contribution in [0.15, 0.2) is 47.4 Å². The van der Waals surface area contributed by atoms with E-state index in [2.05, 4.69) is 4.72 Å². The smallest absolute Gasteiger partial charge is 0.240 e. The first-order valence-corrected chi connectivity index (χ1v) is 8.97. The molecule has 2 aromatic rings. The van der Waals surface area contributed by atoms with Crippen LogP contribution in [-0.2, 0) is 10.0 Å². The third kappa shape index (κ3) is 5.01. The first-order chi connectivity index (χ1) is 12.0. The molecule has 1 N–H and O–H groups in total. The Hall–Kier alpha value is -2.45. The van der Waals surface area contributed by atoms with Gasteiger partial charge in [-0.25, -0.2) is 13.1 Å². The molecule has 0 aliphatic heterocycles. The number of ether oxygens (including phenoxy) is 4. The van der Waals surface area contributed by atoms with Crippen molar-refractivity contribution in [2.24, 2.45) is 0 Å². The van der Waals surface area contributed by atoms with Crippen molar-refractivity contribution in [3.63, 3.8) is 0 Å². The van der Waals surface area contributed by atoms with Gasteiger partial charge >= 0.3 is 0 Å². The Morgan fingerprint density at radius 3 is 2.28 bits per heavy atom. The molecular weight excluding hydrogens is 346 g/mol. The highest BCUT2D eigenvalue weighted by molar-refractivity contribution is 7.89. The summed E-state index contributed by atoms with van der Waals surface area (Å²) in [5.74, 6) is 2.08. The van der Waals surface area contributed by atoms with E-state index in [0.717, 1.165) is 0 Å². The zero-order chi connectivity index (χ0) is 18.3. The summed E-state index contributed by atoms with van der Waals surface area (Å²) < 4.78 is 48.0. The highest BCUT2D eigenvalue weighted by Gasteiger charge is 2.16. The zero-order valence-corrected chi connectivity index (χ0v) is 15.1. The maximum atomic E-state index is 12.3. The molecule has 0 bridgehead atoms. The first-order valence-electron chi connectivity index (χ1n) is 7.48. The normalized spacial score (nSPS) is 11.0. The predicted molar refractivity (Wildman–Crippen MR) is 93.2 cm³/mol. The van der Waals surface area contributed by atoms with Gasteiger partial charge in [-0.15, -0.1) is 0 Å². The molecule has 0 atom stereocenters. The Kier molecular flexibility index (Phi) is 6.49. The van der Waals surface area contributed by atoms with Gasteiger partial charge in [0, 0.05) is 18.7 Å². The highest BCUT2D eigenvalue weighted by atomic mass is 32.2. The molecule has 0 amide bonds. The molecule has 7 nitrogen and oxygen atoms in total. The van der Waals surface area contributed by atoms with E-state index in [0.29, 0.717) is 23.0 Å². The van der Waals surface area contributed by atoms with Gasteiger partial charge in [0.2, 0.25) is 10.0 Å². The highest BCUT2D eigenvalue weighted by Crippen LogP contribution is 2.29. The summed E-state index contributed by atoms with van der Waals surface area (Å²) in [7, 11) is 0.825. The van der Waals surface area contributed by atoms with E-state index in [1.807, 2.05) is 0 Å². The van der Waals surface area contributed by atoms with E-state index in [9.17, 15) is 8.42 Å². The second-order valence-electron chi connectivity index (χ2n) is 4.94. The van der Waals surface area contributed by atoms with E-state index in [1.54, 1.807) is 37.4 Å². The molecule has 136 valence electrons. The van der Waals surface area contributed by atoms with Gasteiger partial charge in [-0.2, -0.15) is 0 Å². The SMILES string of the molecule is COc1cccc(OCCNS(=O)(=O)c2ccc(OC)c(OC)c2)c1. The molecule has 0 saturated carbocycles. The van der Waals surface area contributed by atoms with E-state index in [4.69, 9.17) is 18.9 Å². The van der Waals surface area contributed by atoms with Crippen LogP contribution in [0.25, 0.3) is 0 Å². The van der Waals surface area contributed by atoms with Gasteiger partial charge in [0.1, 0.15) is 18.1 Å². The zero-order valence-electron chi connectivity index (χ0n) is 14.3. The minimum Gasteiger partial charge on any atom is -0.497 e. The molecule has 2 rings (SSSR count). The number of sulfonamides is 1. The van der Waals surface area contributed by atoms with Crippen molar-refractivity contribution < 1.29 is 27.4 Å². The van der Waals surface area contributed by atoms with Gasteiger partial charge in [-0.3, -0.25) is 0 Å². The lowest BCUT2D eigenvalue weighted by molar-refractivity contribution is 0.320. The van der Waals surface area contributed by atoms with Gasteiger partial charge < -0.3 is 18.9 Å². The number of benzene rings is 2. The Morgan fingerprint density at radius 2 is 1.60 bits per heavy atom. The quantitative estimate of drug-likeness (QED) is 0.683. The summed E-state index contributed by atoms with van der Waals surface area (Å²) in [5, 5.41) is 0. The third-order valence-electron chi connectivity index (χ3n) is 3.37. The fourth-order valence-electron chi connectivity index (χ4n) is 2.10. The fraction of sp³-hybridized carbons (Fsp3) is 0.294. The second-order valence-corrected chi connectivity index (χ2v) is 6.71. The number of nitrogens with one attached hydrogen (secondary N) is 1. The van der Waals surface area contributed by atoms with Crippen molar-refractivity contribution >= 4 is 10.0 Å². The Balaban J connectivity index is 1.95. The van der Waals surface area contributed by atoms with Gasteiger partial charge in [-0.1, -0.05) is 6.07 Å². The van der Waals surface area contributed by atoms with E-state index in [-0.39, 0.29) is 18.0 Å². The van der Waals surface area contributed by atoms with Gasteiger partial charge in [-0.05, 0) is 24.3 Å². The van der Waals surface area contributed by atoms with E-state index >= 15 is 0 Å². The van der Waals surface area contributed by atoms with Crippen molar-refractivity contribution in [3.05, 3.63) is 42.5 Å². The maximum Gasteiger partial charge on any atom is 0.240 e. The Labute approximate surface area is 147 Å². The van der Waals surface area contributed by atoms with Gasteiger partial charge in [0.25, 0.3) is 0 Å². The number of rotatable bonds is 9. The molecule has 0 aromatic heterocycles. The summed E-state index contributed by atoms with van der Waals surface area (Å²) in [4.78, 5) is 0.0894. The monoisotopic (exact) mass is 367 g/mol. The molecule has 0 unspecified atom stereocenters. The molecule has 0 aliphatic rings. The topological polar surface area (TPSA) is 83.1 Å². The summed E-state index contributed by atoms with van der Waals surface area (Å²) in [6.07, 6.45) is 0. The lowest BCUT2D eigenvalue weighted by Gasteiger charge is -2.11. The summed E-state index contributed by atoms with van der Waals surface area (Å²) in [5.41, 5.74) is 0. The third-order valence-corrected chi connectivity index (χ3v) is 4.83. The maximum absolute atomic E-state index is 12.3. The Bertz CT molecular complexity index is 807. The molecule has 25 heavy (non-hydrogen) atoms. The average molecular weight is 367 g/mol. The van der Waals surface area contributed by atoms with Crippen LogP contribution >= 0.6 is 0 Å². The van der Waals surface area contributed by atoms with Crippen molar-refractivity contribution in [1.29, 1.82) is 0 Å². The summed E-state index contributed by atoms with van der Waals surface area (Å²) >= 11 is 0. The van der Waals surface area contributed by atoms with Crippen molar-refractivity contribution in [2.45, 2.75) is 4.90 Å². The largest absolute Gasteiger partial charge is 0.497 e. The Morgan fingerprint density at radius 1 is 0.880 bits per heavy atom. The van der Waals surface area contributed by atoms with Crippen LogP contribution in [0.1, 0.15) is 0 Å². The summed E-state index contributed by atoms with van der Waals surface area (Å²) in [6, 6.07) is 11.5. The number of hydrogen-bond acceptors (Lipinski definition) is 6. The standard InChI is InChI=1S/C17H21NO6S/c1-21-13-5-4-6-14(11-13)24-10-9-18-25(19,20)15-7-8-16(22-2)17(12-15)23-3/h4-8,11-12,18H,9-10H2,1-3H3. The first kappa shape index (κ1) is 18.9. The van der Waals surface area contributed by atoms with E-state index in [1.165, 1.54) is 26.4 Å². The molecule has 0 saturated heterocycles. The number of hydrogen-bond donors (Lipinski definition) is 1. The number of methoxy groups -OCH3 is 3. The molecule has 0 radical (unpaired) electrons. The molecular formula is C17H21NO6S. The van der Waals surface area contributed by atoms with Crippen LogP contribution in [0.2, 0.25) is 0 Å². The van der Waals surface area contributed by atoms with Gasteiger partial charge in [0.05, 0.1) is 26.2 Å². The molecule has 8 heteroatoms. The molecule has 0 heterocycles.